The van der Waals surface area contributed by atoms with E-state index in [9.17, 15) is 4.79 Å². The van der Waals surface area contributed by atoms with Crippen molar-refractivity contribution in [3.8, 4) is 5.88 Å². The van der Waals surface area contributed by atoms with Gasteiger partial charge in [-0.25, -0.2) is 4.98 Å². The van der Waals surface area contributed by atoms with Crippen molar-refractivity contribution >= 4 is 5.97 Å². The highest BCUT2D eigenvalue weighted by molar-refractivity contribution is 5.69. The van der Waals surface area contributed by atoms with Crippen LogP contribution in [0.25, 0.3) is 0 Å². The summed E-state index contributed by atoms with van der Waals surface area (Å²) < 4.78 is 5.02. The smallest absolute Gasteiger partial charge is 0.304 e. The third-order valence-electron chi connectivity index (χ3n) is 2.82. The lowest BCUT2D eigenvalue weighted by Crippen LogP contribution is -2.14. The number of ether oxygens (including phenoxy) is 1. The number of hydrogen-bond donors (Lipinski definition) is 1. The number of aliphatic carboxylic acids is 1. The molecule has 0 radical (unpaired) electrons. The molecule has 1 aromatic heterocycles. The Morgan fingerprint density at radius 2 is 2.33 bits per heavy atom. The summed E-state index contributed by atoms with van der Waals surface area (Å²) in [6.07, 6.45) is 1.96. The topological polar surface area (TPSA) is 59.4 Å². The van der Waals surface area contributed by atoms with E-state index in [4.69, 9.17) is 9.84 Å². The van der Waals surface area contributed by atoms with Crippen LogP contribution in [-0.4, -0.2) is 23.2 Å². The van der Waals surface area contributed by atoms with Crippen LogP contribution in [0.2, 0.25) is 0 Å². The van der Waals surface area contributed by atoms with Crippen molar-refractivity contribution < 1.29 is 14.6 Å². The maximum Gasteiger partial charge on any atom is 0.304 e. The monoisotopic (exact) mass is 207 g/mol. The summed E-state index contributed by atoms with van der Waals surface area (Å²) >= 11 is 0. The van der Waals surface area contributed by atoms with Gasteiger partial charge in [0.05, 0.1) is 19.2 Å². The van der Waals surface area contributed by atoms with E-state index >= 15 is 0 Å². The van der Waals surface area contributed by atoms with E-state index in [2.05, 4.69) is 4.98 Å². The van der Waals surface area contributed by atoms with Gasteiger partial charge in [-0.3, -0.25) is 4.79 Å². The first kappa shape index (κ1) is 9.96. The highest BCUT2D eigenvalue weighted by Gasteiger charge is 2.47. The van der Waals surface area contributed by atoms with Gasteiger partial charge in [0, 0.05) is 11.5 Å². The number of rotatable bonds is 4. The van der Waals surface area contributed by atoms with Crippen LogP contribution in [0.1, 0.15) is 25.0 Å². The molecule has 1 saturated carbocycles. The molecule has 0 unspecified atom stereocenters. The number of methoxy groups -OCH3 is 1. The molecule has 15 heavy (non-hydrogen) atoms. The number of nitrogens with zero attached hydrogens (tertiary/aromatic N) is 1. The van der Waals surface area contributed by atoms with Crippen LogP contribution in [0.3, 0.4) is 0 Å². The SMILES string of the molecule is COc1cccc(C2(CC(=O)O)CC2)n1. The van der Waals surface area contributed by atoms with E-state index in [-0.39, 0.29) is 11.8 Å². The molecule has 0 spiro atoms. The number of carbonyl (C=O) groups is 1. The molecule has 0 saturated heterocycles. The fourth-order valence-corrected chi connectivity index (χ4v) is 1.79. The Balaban J connectivity index is 2.25. The molecule has 0 bridgehead atoms. The lowest BCUT2D eigenvalue weighted by molar-refractivity contribution is -0.137. The second-order valence-electron chi connectivity index (χ2n) is 3.92. The zero-order valence-corrected chi connectivity index (χ0v) is 8.56. The van der Waals surface area contributed by atoms with Gasteiger partial charge in [-0.05, 0) is 18.9 Å². The van der Waals surface area contributed by atoms with Crippen LogP contribution in [0.15, 0.2) is 18.2 Å². The Morgan fingerprint density at radius 3 is 2.87 bits per heavy atom. The molecule has 4 nitrogen and oxygen atoms in total. The molecule has 4 heteroatoms. The predicted octanol–water partition coefficient (Wildman–Crippen LogP) is 1.60. The molecule has 0 amide bonds. The van der Waals surface area contributed by atoms with Gasteiger partial charge in [0.15, 0.2) is 0 Å². The van der Waals surface area contributed by atoms with Gasteiger partial charge in [-0.1, -0.05) is 6.07 Å². The summed E-state index contributed by atoms with van der Waals surface area (Å²) in [5, 5.41) is 8.82. The van der Waals surface area contributed by atoms with Gasteiger partial charge in [-0.15, -0.1) is 0 Å². The summed E-state index contributed by atoms with van der Waals surface area (Å²) in [5.41, 5.74) is 0.602. The lowest BCUT2D eigenvalue weighted by atomic mass is 9.97. The number of hydrogen-bond acceptors (Lipinski definition) is 3. The standard InChI is InChI=1S/C11H13NO3/c1-15-9-4-2-3-8(12-9)11(5-6-11)7-10(13)14/h2-4H,5-7H2,1H3,(H,13,14). The zero-order valence-electron chi connectivity index (χ0n) is 8.56. The normalized spacial score (nSPS) is 17.1. The summed E-state index contributed by atoms with van der Waals surface area (Å²) in [7, 11) is 1.56. The van der Waals surface area contributed by atoms with E-state index in [0.29, 0.717) is 5.88 Å². The largest absolute Gasteiger partial charge is 0.481 e. The van der Waals surface area contributed by atoms with Crippen molar-refractivity contribution in [2.45, 2.75) is 24.7 Å². The number of pyridine rings is 1. The molecule has 80 valence electrons. The number of carboxylic acid groups (broad SMARTS) is 1. The van der Waals surface area contributed by atoms with Crippen LogP contribution in [-0.2, 0) is 10.2 Å². The minimum atomic E-state index is -0.767. The van der Waals surface area contributed by atoms with E-state index in [1.807, 2.05) is 12.1 Å². The average Bonchev–Trinajstić information content (AvgIpc) is 2.98. The fourth-order valence-electron chi connectivity index (χ4n) is 1.79. The van der Waals surface area contributed by atoms with Gasteiger partial charge in [0.25, 0.3) is 0 Å². The predicted molar refractivity (Wildman–Crippen MR) is 54.0 cm³/mol. The van der Waals surface area contributed by atoms with Crippen LogP contribution in [0.4, 0.5) is 0 Å². The first-order valence-corrected chi connectivity index (χ1v) is 4.90. The zero-order chi connectivity index (χ0) is 10.9. The molecule has 0 aromatic carbocycles. The minimum absolute atomic E-state index is 0.160. The number of aromatic nitrogens is 1. The van der Waals surface area contributed by atoms with E-state index in [0.717, 1.165) is 18.5 Å². The highest BCUT2D eigenvalue weighted by atomic mass is 16.5. The summed E-state index contributed by atoms with van der Waals surface area (Å²) in [4.78, 5) is 15.0. The lowest BCUT2D eigenvalue weighted by Gasteiger charge is -2.12. The molecule has 1 N–H and O–H groups in total. The summed E-state index contributed by atoms with van der Waals surface area (Å²) in [6, 6.07) is 5.49. The highest BCUT2D eigenvalue weighted by Crippen LogP contribution is 2.50. The first-order chi connectivity index (χ1) is 7.16. The van der Waals surface area contributed by atoms with Crippen molar-refractivity contribution in [1.29, 1.82) is 0 Å². The van der Waals surface area contributed by atoms with E-state index in [1.165, 1.54) is 0 Å². The second-order valence-corrected chi connectivity index (χ2v) is 3.92. The van der Waals surface area contributed by atoms with Crippen LogP contribution in [0.5, 0.6) is 5.88 Å². The summed E-state index contributed by atoms with van der Waals surface area (Å²) in [6.45, 7) is 0. The molecule has 0 aliphatic heterocycles. The molecular weight excluding hydrogens is 194 g/mol. The average molecular weight is 207 g/mol. The van der Waals surface area contributed by atoms with Crippen molar-refractivity contribution in [3.63, 3.8) is 0 Å². The van der Waals surface area contributed by atoms with Gasteiger partial charge in [-0.2, -0.15) is 0 Å². The molecule has 1 aliphatic carbocycles. The van der Waals surface area contributed by atoms with E-state index < -0.39 is 5.97 Å². The Morgan fingerprint density at radius 1 is 1.60 bits per heavy atom. The van der Waals surface area contributed by atoms with Crippen molar-refractivity contribution in [3.05, 3.63) is 23.9 Å². The number of carboxylic acids is 1. The maximum atomic E-state index is 10.7. The van der Waals surface area contributed by atoms with Gasteiger partial charge in [0.2, 0.25) is 5.88 Å². The van der Waals surface area contributed by atoms with Crippen LogP contribution >= 0.6 is 0 Å². The molecule has 1 aliphatic rings. The van der Waals surface area contributed by atoms with Crippen LogP contribution < -0.4 is 4.74 Å². The van der Waals surface area contributed by atoms with Gasteiger partial charge >= 0.3 is 5.97 Å². The quantitative estimate of drug-likeness (QED) is 0.814. The Bertz CT molecular complexity index is 385. The molecular formula is C11H13NO3. The molecule has 0 atom stereocenters. The Labute approximate surface area is 87.9 Å². The molecule has 2 rings (SSSR count). The third-order valence-corrected chi connectivity index (χ3v) is 2.82. The molecule has 1 fully saturated rings. The minimum Gasteiger partial charge on any atom is -0.481 e. The third kappa shape index (κ3) is 1.93. The van der Waals surface area contributed by atoms with Crippen molar-refractivity contribution in [1.82, 2.24) is 4.98 Å². The van der Waals surface area contributed by atoms with Gasteiger partial charge < -0.3 is 9.84 Å². The maximum absolute atomic E-state index is 10.7. The second kappa shape index (κ2) is 3.53. The van der Waals surface area contributed by atoms with Crippen LogP contribution in [0, 0.1) is 0 Å². The first-order valence-electron chi connectivity index (χ1n) is 4.90. The van der Waals surface area contributed by atoms with Gasteiger partial charge in [0.1, 0.15) is 0 Å². The van der Waals surface area contributed by atoms with E-state index in [1.54, 1.807) is 13.2 Å². The Kier molecular flexibility index (Phi) is 2.34. The summed E-state index contributed by atoms with van der Waals surface area (Å²) in [5.74, 6) is -0.221. The van der Waals surface area contributed by atoms with Crippen molar-refractivity contribution in [2.24, 2.45) is 0 Å². The fraction of sp³-hybridized carbons (Fsp3) is 0.455. The Hall–Kier alpha value is -1.58. The van der Waals surface area contributed by atoms with Crippen molar-refractivity contribution in [2.75, 3.05) is 7.11 Å². The molecule has 1 aromatic rings. The molecule has 1 heterocycles.